The lowest BCUT2D eigenvalue weighted by Gasteiger charge is -2.08. The summed E-state index contributed by atoms with van der Waals surface area (Å²) in [4.78, 5) is 4.44. The second-order valence-corrected chi connectivity index (χ2v) is 6.19. The normalized spacial score (nSPS) is 15.8. The second-order valence-electron chi connectivity index (χ2n) is 5.27. The SMILES string of the molecule is Brc1cccc(Cc2noc(CNC3CCCC3)n2)c1. The van der Waals surface area contributed by atoms with Crippen LogP contribution in [0.15, 0.2) is 33.3 Å². The molecule has 0 spiro atoms. The molecule has 0 aliphatic heterocycles. The highest BCUT2D eigenvalue weighted by Gasteiger charge is 2.15. The van der Waals surface area contributed by atoms with Gasteiger partial charge < -0.3 is 9.84 Å². The number of benzene rings is 1. The summed E-state index contributed by atoms with van der Waals surface area (Å²) in [6.45, 7) is 0.677. The van der Waals surface area contributed by atoms with Crippen molar-refractivity contribution in [3.05, 3.63) is 46.0 Å². The van der Waals surface area contributed by atoms with E-state index in [9.17, 15) is 0 Å². The quantitative estimate of drug-likeness (QED) is 0.909. The topological polar surface area (TPSA) is 51.0 Å². The lowest BCUT2D eigenvalue weighted by molar-refractivity contribution is 0.353. The Morgan fingerprint density at radius 2 is 2.15 bits per heavy atom. The van der Waals surface area contributed by atoms with Crippen LogP contribution in [0.5, 0.6) is 0 Å². The van der Waals surface area contributed by atoms with Gasteiger partial charge in [0.25, 0.3) is 0 Å². The van der Waals surface area contributed by atoms with Crippen molar-refractivity contribution in [1.82, 2.24) is 15.5 Å². The third-order valence-corrected chi connectivity index (χ3v) is 4.15. The number of hydrogen-bond acceptors (Lipinski definition) is 4. The fraction of sp³-hybridized carbons (Fsp3) is 0.467. The van der Waals surface area contributed by atoms with Crippen molar-refractivity contribution in [3.8, 4) is 0 Å². The Kier molecular flexibility index (Phi) is 4.47. The van der Waals surface area contributed by atoms with Crippen LogP contribution < -0.4 is 5.32 Å². The zero-order chi connectivity index (χ0) is 13.8. The molecule has 1 saturated carbocycles. The van der Waals surface area contributed by atoms with Crippen LogP contribution in [0, 0.1) is 0 Å². The van der Waals surface area contributed by atoms with Gasteiger partial charge in [-0.3, -0.25) is 0 Å². The van der Waals surface area contributed by atoms with Crippen LogP contribution in [0.3, 0.4) is 0 Å². The highest BCUT2D eigenvalue weighted by molar-refractivity contribution is 9.10. The van der Waals surface area contributed by atoms with Crippen LogP contribution in [0.25, 0.3) is 0 Å². The number of nitrogens with one attached hydrogen (secondary N) is 1. The van der Waals surface area contributed by atoms with Gasteiger partial charge in [0.15, 0.2) is 5.82 Å². The maximum atomic E-state index is 5.29. The van der Waals surface area contributed by atoms with E-state index in [4.69, 9.17) is 4.52 Å². The lowest BCUT2D eigenvalue weighted by Crippen LogP contribution is -2.25. The summed E-state index contributed by atoms with van der Waals surface area (Å²) in [7, 11) is 0. The van der Waals surface area contributed by atoms with Gasteiger partial charge in [-0.1, -0.05) is 46.1 Å². The third kappa shape index (κ3) is 3.67. The number of hydrogen-bond donors (Lipinski definition) is 1. The zero-order valence-corrected chi connectivity index (χ0v) is 12.9. The van der Waals surface area contributed by atoms with Crippen molar-refractivity contribution in [2.45, 2.75) is 44.7 Å². The first-order valence-electron chi connectivity index (χ1n) is 7.09. The Balaban J connectivity index is 1.56. The molecule has 1 heterocycles. The molecule has 0 atom stereocenters. The highest BCUT2D eigenvalue weighted by atomic mass is 79.9. The van der Waals surface area contributed by atoms with Crippen LogP contribution in [-0.4, -0.2) is 16.2 Å². The molecule has 20 heavy (non-hydrogen) atoms. The maximum absolute atomic E-state index is 5.29. The van der Waals surface area contributed by atoms with E-state index < -0.39 is 0 Å². The molecule has 1 aliphatic carbocycles. The van der Waals surface area contributed by atoms with Crippen molar-refractivity contribution in [2.24, 2.45) is 0 Å². The van der Waals surface area contributed by atoms with Crippen LogP contribution in [0.4, 0.5) is 0 Å². The van der Waals surface area contributed by atoms with Gasteiger partial charge in [0, 0.05) is 16.9 Å². The summed E-state index contributed by atoms with van der Waals surface area (Å²) >= 11 is 3.47. The molecule has 0 amide bonds. The van der Waals surface area contributed by atoms with E-state index in [2.05, 4.69) is 43.5 Å². The molecule has 3 rings (SSSR count). The van der Waals surface area contributed by atoms with E-state index in [0.717, 1.165) is 10.3 Å². The van der Waals surface area contributed by atoms with E-state index in [0.29, 0.717) is 24.9 Å². The molecule has 1 fully saturated rings. The summed E-state index contributed by atoms with van der Waals surface area (Å²) in [5, 5.41) is 7.53. The third-order valence-electron chi connectivity index (χ3n) is 3.66. The molecule has 2 aromatic rings. The molecule has 5 heteroatoms. The fourth-order valence-electron chi connectivity index (χ4n) is 2.62. The summed E-state index contributed by atoms with van der Waals surface area (Å²) in [6, 6.07) is 8.79. The predicted molar refractivity (Wildman–Crippen MR) is 80.3 cm³/mol. The highest BCUT2D eigenvalue weighted by Crippen LogP contribution is 2.18. The zero-order valence-electron chi connectivity index (χ0n) is 11.3. The van der Waals surface area contributed by atoms with Gasteiger partial charge in [-0.25, -0.2) is 0 Å². The first-order valence-corrected chi connectivity index (χ1v) is 7.88. The molecule has 106 valence electrons. The van der Waals surface area contributed by atoms with Gasteiger partial charge >= 0.3 is 0 Å². The molecule has 1 N–H and O–H groups in total. The van der Waals surface area contributed by atoms with E-state index in [1.165, 1.54) is 31.2 Å². The Labute approximate surface area is 127 Å². The van der Waals surface area contributed by atoms with Crippen LogP contribution in [-0.2, 0) is 13.0 Å². The van der Waals surface area contributed by atoms with Gasteiger partial charge in [0.2, 0.25) is 5.89 Å². The van der Waals surface area contributed by atoms with Crippen LogP contribution in [0.1, 0.15) is 43.0 Å². The van der Waals surface area contributed by atoms with Gasteiger partial charge in [0.05, 0.1) is 6.54 Å². The molecular weight excluding hydrogens is 318 g/mol. The average Bonchev–Trinajstić information content (AvgIpc) is 3.07. The van der Waals surface area contributed by atoms with E-state index in [1.54, 1.807) is 0 Å². The molecule has 1 aromatic heterocycles. The van der Waals surface area contributed by atoms with Gasteiger partial charge in [0.1, 0.15) is 0 Å². The minimum absolute atomic E-state index is 0.621. The van der Waals surface area contributed by atoms with Gasteiger partial charge in [-0.15, -0.1) is 0 Å². The average molecular weight is 336 g/mol. The van der Waals surface area contributed by atoms with Crippen LogP contribution >= 0.6 is 15.9 Å². The Morgan fingerprint density at radius 1 is 1.30 bits per heavy atom. The first kappa shape index (κ1) is 13.8. The van der Waals surface area contributed by atoms with Gasteiger partial charge in [-0.05, 0) is 30.5 Å². The minimum atomic E-state index is 0.621. The van der Waals surface area contributed by atoms with Crippen LogP contribution in [0.2, 0.25) is 0 Å². The van der Waals surface area contributed by atoms with E-state index in [1.807, 2.05) is 12.1 Å². The van der Waals surface area contributed by atoms with Crippen molar-refractivity contribution in [1.29, 1.82) is 0 Å². The Bertz CT molecular complexity index is 564. The standard InChI is InChI=1S/C15H18BrN3O/c16-12-5-3-4-11(8-12)9-14-18-15(20-19-14)10-17-13-6-1-2-7-13/h3-5,8,13,17H,1-2,6-7,9-10H2. The lowest BCUT2D eigenvalue weighted by atomic mass is 10.1. The fourth-order valence-corrected chi connectivity index (χ4v) is 3.07. The van der Waals surface area contributed by atoms with Crippen molar-refractivity contribution in [2.75, 3.05) is 0 Å². The molecule has 0 saturated heterocycles. The van der Waals surface area contributed by atoms with Gasteiger partial charge in [-0.2, -0.15) is 4.98 Å². The Hall–Kier alpha value is -1.20. The smallest absolute Gasteiger partial charge is 0.240 e. The largest absolute Gasteiger partial charge is 0.338 e. The molecule has 0 unspecified atom stereocenters. The molecule has 0 bridgehead atoms. The molecule has 0 radical (unpaired) electrons. The number of nitrogens with zero attached hydrogens (tertiary/aromatic N) is 2. The molecule has 4 nitrogen and oxygen atoms in total. The monoisotopic (exact) mass is 335 g/mol. The van der Waals surface area contributed by atoms with E-state index >= 15 is 0 Å². The maximum Gasteiger partial charge on any atom is 0.240 e. The summed E-state index contributed by atoms with van der Waals surface area (Å²) in [5.41, 5.74) is 1.18. The number of halogens is 1. The first-order chi connectivity index (χ1) is 9.79. The molecule has 1 aliphatic rings. The number of rotatable bonds is 5. The minimum Gasteiger partial charge on any atom is -0.338 e. The molecular formula is C15H18BrN3O. The van der Waals surface area contributed by atoms with E-state index in [-0.39, 0.29) is 0 Å². The second kappa shape index (κ2) is 6.50. The van der Waals surface area contributed by atoms with Crippen molar-refractivity contribution in [3.63, 3.8) is 0 Å². The molecule has 1 aromatic carbocycles. The Morgan fingerprint density at radius 3 is 2.95 bits per heavy atom. The van der Waals surface area contributed by atoms with Crippen molar-refractivity contribution < 1.29 is 4.52 Å². The summed E-state index contributed by atoms with van der Waals surface area (Å²) < 4.78 is 6.36. The predicted octanol–water partition coefficient (Wildman–Crippen LogP) is 3.46. The van der Waals surface area contributed by atoms with Crippen molar-refractivity contribution >= 4 is 15.9 Å². The summed E-state index contributed by atoms with van der Waals surface area (Å²) in [5.74, 6) is 1.42. The summed E-state index contributed by atoms with van der Waals surface area (Å²) in [6.07, 6.45) is 5.88. The number of aromatic nitrogens is 2.